The van der Waals surface area contributed by atoms with Crippen LogP contribution in [0.1, 0.15) is 39.0 Å². The zero-order valence-corrected chi connectivity index (χ0v) is 10.3. The molecule has 1 unspecified atom stereocenters. The standard InChI is InChI=1S/C11H21NO2S/c1-11(5-2-3-6-11)9-12-10-4-7-15(13,14)8-10/h10,12H,2-9H2,1H3. The van der Waals surface area contributed by atoms with Crippen molar-refractivity contribution in [1.29, 1.82) is 0 Å². The Bertz CT molecular complexity index is 317. The number of sulfone groups is 1. The average Bonchev–Trinajstić information content (AvgIpc) is 2.70. The summed E-state index contributed by atoms with van der Waals surface area (Å²) >= 11 is 0. The van der Waals surface area contributed by atoms with Gasteiger partial charge in [-0.05, 0) is 24.7 Å². The van der Waals surface area contributed by atoms with Crippen molar-refractivity contribution in [3.63, 3.8) is 0 Å². The van der Waals surface area contributed by atoms with Crippen LogP contribution in [0.25, 0.3) is 0 Å². The van der Waals surface area contributed by atoms with E-state index in [1.807, 2.05) is 0 Å². The van der Waals surface area contributed by atoms with Crippen LogP contribution in [0.2, 0.25) is 0 Å². The Morgan fingerprint density at radius 3 is 2.53 bits per heavy atom. The number of nitrogens with one attached hydrogen (secondary N) is 1. The van der Waals surface area contributed by atoms with Crippen molar-refractivity contribution in [3.8, 4) is 0 Å². The maximum atomic E-state index is 11.3. The Morgan fingerprint density at radius 1 is 1.33 bits per heavy atom. The van der Waals surface area contributed by atoms with Crippen molar-refractivity contribution in [2.75, 3.05) is 18.1 Å². The lowest BCUT2D eigenvalue weighted by Gasteiger charge is -2.25. The summed E-state index contributed by atoms with van der Waals surface area (Å²) < 4.78 is 22.6. The van der Waals surface area contributed by atoms with Gasteiger partial charge in [0.15, 0.2) is 9.84 Å². The molecule has 0 amide bonds. The lowest BCUT2D eigenvalue weighted by Crippen LogP contribution is -2.37. The molecule has 1 heterocycles. The molecule has 0 radical (unpaired) electrons. The van der Waals surface area contributed by atoms with E-state index in [1.54, 1.807) is 0 Å². The lowest BCUT2D eigenvalue weighted by molar-refractivity contribution is 0.301. The van der Waals surface area contributed by atoms with Crippen molar-refractivity contribution < 1.29 is 8.42 Å². The van der Waals surface area contributed by atoms with Gasteiger partial charge in [0.25, 0.3) is 0 Å². The molecule has 4 heteroatoms. The molecule has 15 heavy (non-hydrogen) atoms. The first-order chi connectivity index (χ1) is 6.99. The normalized spacial score (nSPS) is 33.3. The molecule has 1 aliphatic heterocycles. The van der Waals surface area contributed by atoms with Gasteiger partial charge in [-0.1, -0.05) is 19.8 Å². The minimum absolute atomic E-state index is 0.215. The Labute approximate surface area is 92.6 Å². The van der Waals surface area contributed by atoms with Gasteiger partial charge in [-0.15, -0.1) is 0 Å². The first-order valence-corrected chi connectivity index (χ1v) is 7.75. The summed E-state index contributed by atoms with van der Waals surface area (Å²) in [5.41, 5.74) is 0.423. The molecule has 2 aliphatic rings. The third-order valence-electron chi connectivity index (χ3n) is 3.86. The number of rotatable bonds is 3. The quantitative estimate of drug-likeness (QED) is 0.797. The van der Waals surface area contributed by atoms with Crippen LogP contribution in [0, 0.1) is 5.41 Å². The molecule has 88 valence electrons. The van der Waals surface area contributed by atoms with Crippen LogP contribution in [0.5, 0.6) is 0 Å². The van der Waals surface area contributed by atoms with Crippen LogP contribution in [-0.2, 0) is 9.84 Å². The molecule has 1 saturated carbocycles. The lowest BCUT2D eigenvalue weighted by atomic mass is 9.88. The second-order valence-corrected chi connectivity index (χ2v) is 7.73. The zero-order valence-electron chi connectivity index (χ0n) is 9.46. The number of hydrogen-bond donors (Lipinski definition) is 1. The van der Waals surface area contributed by atoms with Crippen molar-refractivity contribution in [2.24, 2.45) is 5.41 Å². The Morgan fingerprint density at radius 2 is 2.00 bits per heavy atom. The van der Waals surface area contributed by atoms with Crippen LogP contribution in [-0.4, -0.2) is 32.5 Å². The van der Waals surface area contributed by atoms with E-state index in [0.29, 0.717) is 16.9 Å². The molecule has 0 bridgehead atoms. The minimum Gasteiger partial charge on any atom is -0.312 e. The second-order valence-electron chi connectivity index (χ2n) is 5.50. The SMILES string of the molecule is CC1(CNC2CCS(=O)(=O)C2)CCCC1. The summed E-state index contributed by atoms with van der Waals surface area (Å²) in [4.78, 5) is 0. The van der Waals surface area contributed by atoms with E-state index in [1.165, 1.54) is 25.7 Å². The maximum Gasteiger partial charge on any atom is 0.151 e. The third-order valence-corrected chi connectivity index (χ3v) is 5.63. The van der Waals surface area contributed by atoms with E-state index >= 15 is 0 Å². The van der Waals surface area contributed by atoms with Crippen molar-refractivity contribution in [2.45, 2.75) is 45.1 Å². The molecule has 1 N–H and O–H groups in total. The molecule has 3 nitrogen and oxygen atoms in total. The van der Waals surface area contributed by atoms with Gasteiger partial charge >= 0.3 is 0 Å². The van der Waals surface area contributed by atoms with E-state index in [0.717, 1.165) is 13.0 Å². The van der Waals surface area contributed by atoms with E-state index < -0.39 is 9.84 Å². The van der Waals surface area contributed by atoms with Gasteiger partial charge in [-0.3, -0.25) is 0 Å². The van der Waals surface area contributed by atoms with E-state index in [-0.39, 0.29) is 6.04 Å². The largest absolute Gasteiger partial charge is 0.312 e. The summed E-state index contributed by atoms with van der Waals surface area (Å²) in [6.07, 6.45) is 6.06. The monoisotopic (exact) mass is 231 g/mol. The topological polar surface area (TPSA) is 46.2 Å². The molecule has 0 aromatic heterocycles. The molecule has 0 aromatic carbocycles. The van der Waals surface area contributed by atoms with Gasteiger partial charge < -0.3 is 5.32 Å². The first-order valence-electron chi connectivity index (χ1n) is 5.93. The molecule has 0 spiro atoms. The summed E-state index contributed by atoms with van der Waals surface area (Å²) in [7, 11) is -2.72. The Kier molecular flexibility index (Phi) is 3.08. The summed E-state index contributed by atoms with van der Waals surface area (Å²) in [6, 6.07) is 0.215. The van der Waals surface area contributed by atoms with Crippen molar-refractivity contribution >= 4 is 9.84 Å². The predicted molar refractivity (Wildman–Crippen MR) is 61.6 cm³/mol. The van der Waals surface area contributed by atoms with Gasteiger partial charge in [0.2, 0.25) is 0 Å². The van der Waals surface area contributed by atoms with Gasteiger partial charge in [-0.2, -0.15) is 0 Å². The predicted octanol–water partition coefficient (Wildman–Crippen LogP) is 1.34. The van der Waals surface area contributed by atoms with Crippen molar-refractivity contribution in [3.05, 3.63) is 0 Å². The fraction of sp³-hybridized carbons (Fsp3) is 1.00. The molecule has 1 atom stereocenters. The smallest absolute Gasteiger partial charge is 0.151 e. The highest BCUT2D eigenvalue weighted by atomic mass is 32.2. The minimum atomic E-state index is -2.72. The van der Waals surface area contributed by atoms with Crippen LogP contribution in [0.4, 0.5) is 0 Å². The second kappa shape index (κ2) is 4.06. The first kappa shape index (κ1) is 11.4. The fourth-order valence-electron chi connectivity index (χ4n) is 2.75. The van der Waals surface area contributed by atoms with Gasteiger partial charge in [0.05, 0.1) is 11.5 Å². The molecule has 2 rings (SSSR count). The number of hydrogen-bond acceptors (Lipinski definition) is 3. The molecule has 1 aliphatic carbocycles. The Hall–Kier alpha value is -0.0900. The van der Waals surface area contributed by atoms with Crippen LogP contribution >= 0.6 is 0 Å². The summed E-state index contributed by atoms with van der Waals surface area (Å²) in [6.45, 7) is 3.31. The van der Waals surface area contributed by atoms with Gasteiger partial charge in [-0.25, -0.2) is 8.42 Å². The molecule has 1 saturated heterocycles. The van der Waals surface area contributed by atoms with Gasteiger partial charge in [0.1, 0.15) is 0 Å². The van der Waals surface area contributed by atoms with E-state index in [4.69, 9.17) is 0 Å². The zero-order chi connectivity index (χ0) is 10.9. The van der Waals surface area contributed by atoms with Crippen LogP contribution in [0.15, 0.2) is 0 Å². The molecule has 2 fully saturated rings. The fourth-order valence-corrected chi connectivity index (χ4v) is 4.46. The van der Waals surface area contributed by atoms with Crippen LogP contribution in [0.3, 0.4) is 0 Å². The summed E-state index contributed by atoms with van der Waals surface area (Å²) in [5, 5.41) is 3.44. The molecular weight excluding hydrogens is 210 g/mol. The van der Waals surface area contributed by atoms with Crippen molar-refractivity contribution in [1.82, 2.24) is 5.32 Å². The third kappa shape index (κ3) is 2.94. The van der Waals surface area contributed by atoms with Gasteiger partial charge in [0, 0.05) is 12.6 Å². The maximum absolute atomic E-state index is 11.3. The molecular formula is C11H21NO2S. The Balaban J connectivity index is 1.79. The highest BCUT2D eigenvalue weighted by Crippen LogP contribution is 2.36. The van der Waals surface area contributed by atoms with E-state index in [9.17, 15) is 8.42 Å². The van der Waals surface area contributed by atoms with Crippen LogP contribution < -0.4 is 5.32 Å². The van der Waals surface area contributed by atoms with E-state index in [2.05, 4.69) is 12.2 Å². The highest BCUT2D eigenvalue weighted by Gasteiger charge is 2.32. The highest BCUT2D eigenvalue weighted by molar-refractivity contribution is 7.91. The summed E-state index contributed by atoms with van der Waals surface area (Å²) in [5.74, 6) is 0.727. The average molecular weight is 231 g/mol. The molecule has 0 aromatic rings.